The molecule has 9 heteroatoms. The smallest absolute Gasteiger partial charge is 0.308 e. The van der Waals surface area contributed by atoms with Crippen molar-refractivity contribution in [1.82, 2.24) is 14.7 Å². The van der Waals surface area contributed by atoms with E-state index in [4.69, 9.17) is 5.11 Å². The minimum absolute atomic E-state index is 0.0484. The van der Waals surface area contributed by atoms with Gasteiger partial charge in [-0.05, 0) is 25.0 Å². The lowest BCUT2D eigenvalue weighted by Gasteiger charge is -2.23. The highest BCUT2D eigenvalue weighted by molar-refractivity contribution is 5.93. The first-order valence-electron chi connectivity index (χ1n) is 8.21. The molecule has 0 saturated heterocycles. The molecule has 26 heavy (non-hydrogen) atoms. The Bertz CT molecular complexity index is 858. The Labute approximate surface area is 149 Å². The largest absolute Gasteiger partial charge is 0.481 e. The summed E-state index contributed by atoms with van der Waals surface area (Å²) in [6, 6.07) is 7.52. The molecule has 1 heterocycles. The van der Waals surface area contributed by atoms with E-state index in [0.29, 0.717) is 5.69 Å². The maximum Gasteiger partial charge on any atom is 0.308 e. The van der Waals surface area contributed by atoms with Crippen LogP contribution in [0.15, 0.2) is 36.5 Å². The predicted octanol–water partition coefficient (Wildman–Crippen LogP) is 2.11. The van der Waals surface area contributed by atoms with Crippen molar-refractivity contribution in [2.24, 2.45) is 5.92 Å². The second kappa shape index (κ2) is 6.95. The number of hydrogen-bond donors (Lipinski definition) is 1. The number of benzene rings is 1. The van der Waals surface area contributed by atoms with Gasteiger partial charge in [0.05, 0.1) is 16.5 Å². The van der Waals surface area contributed by atoms with E-state index in [9.17, 15) is 19.7 Å². The van der Waals surface area contributed by atoms with Gasteiger partial charge in [-0.1, -0.05) is 13.0 Å². The molecule has 0 bridgehead atoms. The normalized spacial score (nSPS) is 14.7. The molecule has 1 N–H and O–H groups in total. The summed E-state index contributed by atoms with van der Waals surface area (Å²) in [5, 5.41) is 24.2. The molecule has 1 amide bonds. The summed E-state index contributed by atoms with van der Waals surface area (Å²) in [5.74, 6) is -1.95. The van der Waals surface area contributed by atoms with Crippen LogP contribution in [0.1, 0.15) is 30.3 Å². The number of carboxylic acid groups (broad SMARTS) is 1. The molecule has 0 radical (unpaired) electrons. The average molecular weight is 358 g/mol. The third-order valence-electron chi connectivity index (χ3n) is 4.25. The number of rotatable bonds is 7. The number of nitro benzene ring substituents is 1. The van der Waals surface area contributed by atoms with E-state index < -0.39 is 16.8 Å². The van der Waals surface area contributed by atoms with Crippen molar-refractivity contribution in [1.29, 1.82) is 0 Å². The number of nitro groups is 1. The van der Waals surface area contributed by atoms with Crippen LogP contribution >= 0.6 is 0 Å². The molecule has 1 fully saturated rings. The SMILES string of the molecule is CC(CN(C(=O)c1ccn(-c2cccc([N+](=O)[O-])c2)n1)C1CC1)C(=O)O. The van der Waals surface area contributed by atoms with Crippen molar-refractivity contribution in [3.8, 4) is 5.69 Å². The number of nitrogens with zero attached hydrogens (tertiary/aromatic N) is 4. The Balaban J connectivity index is 1.81. The minimum atomic E-state index is -0.953. The van der Waals surface area contributed by atoms with Crippen LogP contribution in [0.4, 0.5) is 5.69 Å². The summed E-state index contributed by atoms with van der Waals surface area (Å²) in [7, 11) is 0. The van der Waals surface area contributed by atoms with Crippen LogP contribution in [0.5, 0.6) is 0 Å². The van der Waals surface area contributed by atoms with Crippen LogP contribution in [0, 0.1) is 16.0 Å². The van der Waals surface area contributed by atoms with E-state index in [1.807, 2.05) is 0 Å². The van der Waals surface area contributed by atoms with E-state index >= 15 is 0 Å². The monoisotopic (exact) mass is 358 g/mol. The van der Waals surface area contributed by atoms with Crippen LogP contribution in [-0.2, 0) is 4.79 Å². The molecule has 1 atom stereocenters. The summed E-state index contributed by atoms with van der Waals surface area (Å²) >= 11 is 0. The molecule has 1 aliphatic rings. The zero-order valence-electron chi connectivity index (χ0n) is 14.1. The Morgan fingerprint density at radius 2 is 2.15 bits per heavy atom. The van der Waals surface area contributed by atoms with Crippen molar-refractivity contribution in [3.05, 3.63) is 52.3 Å². The number of carbonyl (C=O) groups is 2. The maximum atomic E-state index is 12.8. The topological polar surface area (TPSA) is 119 Å². The van der Waals surface area contributed by atoms with Gasteiger partial charge in [-0.3, -0.25) is 19.7 Å². The molecule has 0 aliphatic heterocycles. The Morgan fingerprint density at radius 1 is 1.42 bits per heavy atom. The average Bonchev–Trinajstić information content (AvgIpc) is 3.34. The van der Waals surface area contributed by atoms with Crippen LogP contribution in [0.25, 0.3) is 5.69 Å². The van der Waals surface area contributed by atoms with E-state index in [1.165, 1.54) is 22.9 Å². The summed E-state index contributed by atoms with van der Waals surface area (Å²) < 4.78 is 1.39. The number of aliphatic carboxylic acids is 1. The number of carbonyl (C=O) groups excluding carboxylic acids is 1. The second-order valence-electron chi connectivity index (χ2n) is 6.35. The summed E-state index contributed by atoms with van der Waals surface area (Å²) in [6.45, 7) is 1.69. The van der Waals surface area contributed by atoms with Gasteiger partial charge in [-0.25, -0.2) is 4.68 Å². The molecule has 1 unspecified atom stereocenters. The molecular formula is C17H18N4O5. The van der Waals surface area contributed by atoms with Gasteiger partial charge in [0.1, 0.15) is 0 Å². The van der Waals surface area contributed by atoms with Crippen molar-refractivity contribution in [2.75, 3.05) is 6.54 Å². The van der Waals surface area contributed by atoms with E-state index in [-0.39, 0.29) is 29.9 Å². The van der Waals surface area contributed by atoms with E-state index in [1.54, 1.807) is 30.2 Å². The molecule has 9 nitrogen and oxygen atoms in total. The van der Waals surface area contributed by atoms with Gasteiger partial charge >= 0.3 is 5.97 Å². The van der Waals surface area contributed by atoms with E-state index in [0.717, 1.165) is 12.8 Å². The van der Waals surface area contributed by atoms with Gasteiger partial charge in [-0.2, -0.15) is 5.10 Å². The molecule has 136 valence electrons. The highest BCUT2D eigenvalue weighted by Gasteiger charge is 2.35. The quantitative estimate of drug-likeness (QED) is 0.598. The second-order valence-corrected chi connectivity index (χ2v) is 6.35. The summed E-state index contributed by atoms with van der Waals surface area (Å²) in [6.07, 6.45) is 3.26. The van der Waals surface area contributed by atoms with Gasteiger partial charge in [0, 0.05) is 30.9 Å². The lowest BCUT2D eigenvalue weighted by molar-refractivity contribution is -0.384. The van der Waals surface area contributed by atoms with Crippen molar-refractivity contribution in [3.63, 3.8) is 0 Å². The van der Waals surface area contributed by atoms with Gasteiger partial charge < -0.3 is 10.0 Å². The molecular weight excluding hydrogens is 340 g/mol. The Morgan fingerprint density at radius 3 is 2.77 bits per heavy atom. The lowest BCUT2D eigenvalue weighted by Crippen LogP contribution is -2.38. The van der Waals surface area contributed by atoms with Gasteiger partial charge in [-0.15, -0.1) is 0 Å². The first-order chi connectivity index (χ1) is 12.4. The number of carboxylic acids is 1. The van der Waals surface area contributed by atoms with Crippen molar-refractivity contribution >= 4 is 17.6 Å². The maximum absolute atomic E-state index is 12.8. The summed E-state index contributed by atoms with van der Waals surface area (Å²) in [5.41, 5.74) is 0.580. The third-order valence-corrected chi connectivity index (χ3v) is 4.25. The third kappa shape index (κ3) is 3.71. The molecule has 3 rings (SSSR count). The first-order valence-corrected chi connectivity index (χ1v) is 8.21. The van der Waals surface area contributed by atoms with Gasteiger partial charge in [0.25, 0.3) is 11.6 Å². The molecule has 1 saturated carbocycles. The zero-order chi connectivity index (χ0) is 18.8. The fourth-order valence-electron chi connectivity index (χ4n) is 2.64. The molecule has 1 aliphatic carbocycles. The van der Waals surface area contributed by atoms with Gasteiger partial charge in [0.2, 0.25) is 0 Å². The summed E-state index contributed by atoms with van der Waals surface area (Å²) in [4.78, 5) is 35.8. The molecule has 0 spiro atoms. The van der Waals surface area contributed by atoms with Crippen molar-refractivity contribution < 1.29 is 19.6 Å². The van der Waals surface area contributed by atoms with Crippen LogP contribution < -0.4 is 0 Å². The minimum Gasteiger partial charge on any atom is -0.481 e. The van der Waals surface area contributed by atoms with Crippen LogP contribution in [0.2, 0.25) is 0 Å². The van der Waals surface area contributed by atoms with Crippen molar-refractivity contribution in [2.45, 2.75) is 25.8 Å². The molecule has 1 aromatic heterocycles. The number of amides is 1. The van der Waals surface area contributed by atoms with Crippen LogP contribution in [-0.4, -0.2) is 49.2 Å². The predicted molar refractivity (Wildman–Crippen MR) is 91.1 cm³/mol. The fourth-order valence-corrected chi connectivity index (χ4v) is 2.64. The van der Waals surface area contributed by atoms with Crippen LogP contribution in [0.3, 0.4) is 0 Å². The standard InChI is InChI=1S/C17H18N4O5/c1-11(17(23)24)10-19(12-5-6-12)16(22)15-7-8-20(18-15)13-3-2-4-14(9-13)21(25)26/h2-4,7-9,11-12H,5-6,10H2,1H3,(H,23,24). The fraction of sp³-hybridized carbons (Fsp3) is 0.353. The number of hydrogen-bond acceptors (Lipinski definition) is 5. The van der Waals surface area contributed by atoms with E-state index in [2.05, 4.69) is 5.10 Å². The zero-order valence-corrected chi connectivity index (χ0v) is 14.1. The molecule has 1 aromatic carbocycles. The van der Waals surface area contributed by atoms with Gasteiger partial charge in [0.15, 0.2) is 5.69 Å². The lowest BCUT2D eigenvalue weighted by atomic mass is 10.1. The highest BCUT2D eigenvalue weighted by atomic mass is 16.6. The highest BCUT2D eigenvalue weighted by Crippen LogP contribution is 2.29. The Hall–Kier alpha value is -3.23. The Kier molecular flexibility index (Phi) is 4.70. The number of aromatic nitrogens is 2. The molecule has 2 aromatic rings. The first kappa shape index (κ1) is 17.6. The number of non-ortho nitro benzene ring substituents is 1.